The van der Waals surface area contributed by atoms with Crippen LogP contribution in [0.1, 0.15) is 50.4 Å². The van der Waals surface area contributed by atoms with Crippen LogP contribution in [-0.4, -0.2) is 72.0 Å². The number of ether oxygens (including phenoxy) is 1. The van der Waals surface area contributed by atoms with Crippen molar-refractivity contribution in [1.82, 2.24) is 10.6 Å². The molecular weight excluding hydrogens is 449 g/mol. The lowest BCUT2D eigenvalue weighted by molar-refractivity contribution is -0.761. The van der Waals surface area contributed by atoms with Crippen molar-refractivity contribution in [2.75, 3.05) is 20.2 Å². The van der Waals surface area contributed by atoms with Crippen molar-refractivity contribution in [2.45, 2.75) is 52.1 Å². The molecule has 0 aliphatic carbocycles. The van der Waals surface area contributed by atoms with Crippen molar-refractivity contribution in [2.24, 2.45) is 5.41 Å². The smallest absolute Gasteiger partial charge is 0.424 e. The molecule has 0 aromatic heterocycles. The first-order valence-corrected chi connectivity index (χ1v) is 10.9. The number of benzene rings is 1. The maximum absolute atomic E-state index is 14.6. The zero-order valence-corrected chi connectivity index (χ0v) is 19.7. The largest absolute Gasteiger partial charge is 0.494 e. The summed E-state index contributed by atoms with van der Waals surface area (Å²) >= 11 is 0. The van der Waals surface area contributed by atoms with Crippen LogP contribution in [0.2, 0.25) is 0 Å². The number of nitrogens with zero attached hydrogens (tertiary/aromatic N) is 1. The maximum Gasteiger partial charge on any atom is 0.424 e. The fourth-order valence-corrected chi connectivity index (χ4v) is 3.95. The highest BCUT2D eigenvalue weighted by molar-refractivity contribution is 5.98. The minimum atomic E-state index is -1.30. The molecule has 1 aliphatic rings. The van der Waals surface area contributed by atoms with Crippen LogP contribution in [0.3, 0.4) is 0 Å². The highest BCUT2D eigenvalue weighted by Gasteiger charge is 2.53. The summed E-state index contributed by atoms with van der Waals surface area (Å²) in [7, 11) is 1.26. The van der Waals surface area contributed by atoms with Crippen molar-refractivity contribution in [3.63, 3.8) is 0 Å². The Balaban J connectivity index is 2.38. The third-order valence-electron chi connectivity index (χ3n) is 5.82. The van der Waals surface area contributed by atoms with Gasteiger partial charge in [0.05, 0.1) is 32.2 Å². The van der Waals surface area contributed by atoms with Crippen molar-refractivity contribution >= 4 is 30.1 Å². The van der Waals surface area contributed by atoms with Crippen LogP contribution in [0, 0.1) is 11.2 Å². The van der Waals surface area contributed by atoms with Crippen molar-refractivity contribution in [3.8, 4) is 5.75 Å². The lowest BCUT2D eigenvalue weighted by Gasteiger charge is -2.37. The van der Waals surface area contributed by atoms with Crippen LogP contribution in [0.25, 0.3) is 0 Å². The summed E-state index contributed by atoms with van der Waals surface area (Å²) in [5.41, 5.74) is -1.18. The van der Waals surface area contributed by atoms with Gasteiger partial charge in [0, 0.05) is 12.8 Å². The van der Waals surface area contributed by atoms with Crippen LogP contribution in [0.4, 0.5) is 9.18 Å². The number of quaternary nitrogens is 1. The van der Waals surface area contributed by atoms with Gasteiger partial charge < -0.3 is 20.0 Å². The highest BCUT2D eigenvalue weighted by atomic mass is 19.1. The number of urea groups is 1. The van der Waals surface area contributed by atoms with E-state index in [1.807, 2.05) is 0 Å². The number of amides is 4. The summed E-state index contributed by atoms with van der Waals surface area (Å²) < 4.78 is 18.9. The Morgan fingerprint density at radius 1 is 1.18 bits per heavy atom. The molecule has 1 aromatic rings. The second kappa shape index (κ2) is 10.7. The normalized spacial score (nSPS) is 16.7. The molecule has 0 saturated carbocycles. The van der Waals surface area contributed by atoms with Gasteiger partial charge in [-0.15, -0.1) is 0 Å². The number of hydrogen-bond acceptors (Lipinski definition) is 6. The van der Waals surface area contributed by atoms with E-state index in [4.69, 9.17) is 9.84 Å². The van der Waals surface area contributed by atoms with Crippen molar-refractivity contribution < 1.29 is 42.7 Å². The van der Waals surface area contributed by atoms with Crippen LogP contribution in [-0.2, 0) is 14.4 Å². The number of halogens is 1. The van der Waals surface area contributed by atoms with Gasteiger partial charge in [0.2, 0.25) is 0 Å². The number of carboxylic acid groups (broad SMARTS) is 1. The number of aldehydes is 1. The minimum Gasteiger partial charge on any atom is -0.494 e. The molecule has 0 radical (unpaired) electrons. The first-order valence-electron chi connectivity index (χ1n) is 10.9. The lowest BCUT2D eigenvalue weighted by Crippen LogP contribution is -2.67. The molecule has 2 rings (SSSR count). The summed E-state index contributed by atoms with van der Waals surface area (Å²) in [6.45, 7) is 5.33. The van der Waals surface area contributed by atoms with Gasteiger partial charge in [0.15, 0.2) is 17.6 Å². The van der Waals surface area contributed by atoms with E-state index in [9.17, 15) is 28.4 Å². The zero-order chi connectivity index (χ0) is 25.7. The number of methoxy groups -OCH3 is 1. The molecule has 1 aromatic carbocycles. The summed E-state index contributed by atoms with van der Waals surface area (Å²) in [4.78, 5) is 62.2. The van der Waals surface area contributed by atoms with E-state index >= 15 is 0 Å². The molecular formula is C23H31FN3O7+. The van der Waals surface area contributed by atoms with E-state index in [0.717, 1.165) is 0 Å². The SMILES string of the molecule is COc1cccc(C(=O)N[C@H](C(=O)[N+]2(C(=O)N[C@H](C=O)CC(=O)O)CCCC2)C(C)(C)C)c1F. The number of carbonyl (C=O) groups excluding carboxylic acids is 4. The number of imide groups is 1. The van der Waals surface area contributed by atoms with E-state index in [0.29, 0.717) is 19.1 Å². The summed E-state index contributed by atoms with van der Waals surface area (Å²) in [5.74, 6) is -3.77. The number of carbonyl (C=O) groups is 5. The van der Waals surface area contributed by atoms with Gasteiger partial charge in [-0.3, -0.25) is 14.9 Å². The van der Waals surface area contributed by atoms with Crippen molar-refractivity contribution in [3.05, 3.63) is 29.6 Å². The first-order chi connectivity index (χ1) is 15.9. The number of rotatable bonds is 8. The predicted octanol–water partition coefficient (Wildman–Crippen LogP) is 1.87. The zero-order valence-electron chi connectivity index (χ0n) is 19.7. The standard InChI is InChI=1S/C23H30FN3O7/c1-23(2,3)19(26-20(31)15-8-7-9-16(34-4)18(15)24)21(32)27(10-5-6-11-27)22(33)25-14(13-28)12-17(29)30/h7-9,13-14,19H,5-6,10-12H2,1-4H3,(H2-,25,26,29,30,31,33)/p+1/t14-,19+/m0/s1. The first kappa shape index (κ1) is 26.9. The highest BCUT2D eigenvalue weighted by Crippen LogP contribution is 2.29. The van der Waals surface area contributed by atoms with E-state index in [-0.39, 0.29) is 24.4 Å². The van der Waals surface area contributed by atoms with Crippen LogP contribution in [0.15, 0.2) is 18.2 Å². The molecule has 34 heavy (non-hydrogen) atoms. The number of hydrogen-bond donors (Lipinski definition) is 3. The summed E-state index contributed by atoms with van der Waals surface area (Å²) in [6.07, 6.45) is 0.758. The molecule has 10 nitrogen and oxygen atoms in total. The topological polar surface area (TPSA) is 139 Å². The Hall–Kier alpha value is -3.34. The number of aliphatic carboxylic acids is 1. The molecule has 1 heterocycles. The second-order valence-electron chi connectivity index (χ2n) is 9.34. The van der Waals surface area contributed by atoms with Gasteiger partial charge in [-0.05, 0) is 17.5 Å². The number of likely N-dealkylation sites (tertiary alicyclic amines) is 1. The molecule has 0 bridgehead atoms. The Labute approximate surface area is 197 Å². The minimum absolute atomic E-state index is 0.124. The molecule has 2 atom stereocenters. The monoisotopic (exact) mass is 480 g/mol. The Kier molecular flexibility index (Phi) is 8.49. The molecule has 3 N–H and O–H groups in total. The molecule has 0 unspecified atom stereocenters. The fraction of sp³-hybridized carbons (Fsp3) is 0.522. The third-order valence-corrected chi connectivity index (χ3v) is 5.82. The molecule has 4 amide bonds. The Morgan fingerprint density at radius 3 is 2.29 bits per heavy atom. The quantitative estimate of drug-likeness (QED) is 0.381. The summed E-state index contributed by atoms with van der Waals surface area (Å²) in [6, 6.07) is 0.746. The molecule has 1 saturated heterocycles. The number of carboxylic acids is 1. The Morgan fingerprint density at radius 2 is 1.79 bits per heavy atom. The van der Waals surface area contributed by atoms with E-state index in [1.54, 1.807) is 20.8 Å². The average Bonchev–Trinajstić information content (AvgIpc) is 3.26. The van der Waals surface area contributed by atoms with E-state index in [1.165, 1.54) is 25.3 Å². The summed E-state index contributed by atoms with van der Waals surface area (Å²) in [5, 5.41) is 13.9. The molecule has 11 heteroatoms. The molecule has 0 spiro atoms. The predicted molar refractivity (Wildman–Crippen MR) is 119 cm³/mol. The fourth-order valence-electron chi connectivity index (χ4n) is 3.95. The van der Waals surface area contributed by atoms with Crippen LogP contribution < -0.4 is 15.4 Å². The molecule has 186 valence electrons. The van der Waals surface area contributed by atoms with Gasteiger partial charge in [-0.25, -0.2) is 14.0 Å². The number of nitrogens with one attached hydrogen (secondary N) is 2. The van der Waals surface area contributed by atoms with Crippen LogP contribution >= 0.6 is 0 Å². The lowest BCUT2D eigenvalue weighted by atomic mass is 9.85. The molecule has 1 aliphatic heterocycles. The average molecular weight is 481 g/mol. The van der Waals surface area contributed by atoms with Gasteiger partial charge in [0.1, 0.15) is 12.3 Å². The van der Waals surface area contributed by atoms with Crippen LogP contribution in [0.5, 0.6) is 5.75 Å². The maximum atomic E-state index is 14.6. The molecule has 1 fully saturated rings. The van der Waals surface area contributed by atoms with Crippen molar-refractivity contribution in [1.29, 1.82) is 0 Å². The van der Waals surface area contributed by atoms with Gasteiger partial charge in [0.25, 0.3) is 5.91 Å². The van der Waals surface area contributed by atoms with E-state index < -0.39 is 58.0 Å². The third kappa shape index (κ3) is 5.77. The van der Waals surface area contributed by atoms with E-state index in [2.05, 4.69) is 10.6 Å². The van der Waals surface area contributed by atoms with Gasteiger partial charge in [-0.1, -0.05) is 26.8 Å². The van der Waals surface area contributed by atoms with Gasteiger partial charge >= 0.3 is 17.9 Å². The Bertz CT molecular complexity index is 968. The van der Waals surface area contributed by atoms with Gasteiger partial charge in [-0.2, -0.15) is 4.48 Å². The second-order valence-corrected chi connectivity index (χ2v) is 9.34.